The summed E-state index contributed by atoms with van der Waals surface area (Å²) < 4.78 is 27.7. The second kappa shape index (κ2) is 8.45. The summed E-state index contributed by atoms with van der Waals surface area (Å²) in [7, 11) is -3.75. The van der Waals surface area contributed by atoms with Gasteiger partial charge in [0.15, 0.2) is 0 Å². The number of anilines is 2. The van der Waals surface area contributed by atoms with Crippen LogP contribution in [-0.4, -0.2) is 24.5 Å². The highest BCUT2D eigenvalue weighted by Crippen LogP contribution is 2.21. The number of hydrogen-bond acceptors (Lipinski definition) is 4. The average molecular weight is 433 g/mol. The van der Waals surface area contributed by atoms with Crippen LogP contribution in [0.5, 0.6) is 0 Å². The second-order valence-corrected chi connectivity index (χ2v) is 8.68. The Morgan fingerprint density at radius 1 is 0.903 bits per heavy atom. The molecule has 0 saturated carbocycles. The summed E-state index contributed by atoms with van der Waals surface area (Å²) in [5.74, 6) is -0.336. The van der Waals surface area contributed by atoms with Gasteiger partial charge in [-0.1, -0.05) is 29.8 Å². The lowest BCUT2D eigenvalue weighted by molar-refractivity contribution is 0.102. The van der Waals surface area contributed by atoms with Gasteiger partial charge in [0.05, 0.1) is 10.6 Å². The number of aromatic nitrogens is 2. The summed E-state index contributed by atoms with van der Waals surface area (Å²) in [5.41, 5.74) is 4.21. The maximum atomic E-state index is 12.6. The molecule has 0 unspecified atom stereocenters. The molecular weight excluding hydrogens is 412 g/mol. The fraction of sp³-hybridized carbons (Fsp3) is 0.0435. The predicted octanol–water partition coefficient (Wildman–Crippen LogP) is 4.44. The van der Waals surface area contributed by atoms with Gasteiger partial charge in [0.1, 0.15) is 0 Å². The van der Waals surface area contributed by atoms with Gasteiger partial charge in [-0.05, 0) is 61.5 Å². The number of amides is 1. The van der Waals surface area contributed by atoms with Gasteiger partial charge in [-0.15, -0.1) is 0 Å². The summed E-state index contributed by atoms with van der Waals surface area (Å²) in [4.78, 5) is 12.7. The van der Waals surface area contributed by atoms with Gasteiger partial charge in [0, 0.05) is 28.7 Å². The van der Waals surface area contributed by atoms with Crippen molar-refractivity contribution >= 4 is 27.3 Å². The molecule has 1 heterocycles. The number of nitrogens with zero attached hydrogens (tertiary/aromatic N) is 1. The molecule has 156 valence electrons. The number of benzene rings is 3. The standard InChI is InChI=1S/C23H20N4O3S/c1-16-5-9-19(10-6-16)27-31(29,30)21-11-7-17(8-12-21)23(28)25-20-4-2-3-18(15-20)22-13-14-24-26-22/h2-15,27H,1H3,(H,24,26)(H,25,28). The molecule has 1 amide bonds. The molecule has 0 bridgehead atoms. The Bertz CT molecular complexity index is 1300. The molecule has 0 aliphatic rings. The fourth-order valence-corrected chi connectivity index (χ4v) is 4.06. The number of sulfonamides is 1. The molecule has 4 aromatic rings. The molecule has 0 aliphatic heterocycles. The summed E-state index contributed by atoms with van der Waals surface area (Å²) in [6.07, 6.45) is 1.66. The second-order valence-electron chi connectivity index (χ2n) is 7.00. The smallest absolute Gasteiger partial charge is 0.261 e. The third-order valence-corrected chi connectivity index (χ3v) is 6.06. The molecule has 0 radical (unpaired) electrons. The number of carbonyl (C=O) groups is 1. The summed E-state index contributed by atoms with van der Waals surface area (Å²) in [6.45, 7) is 1.93. The number of aromatic amines is 1. The van der Waals surface area contributed by atoms with Crippen molar-refractivity contribution in [1.29, 1.82) is 0 Å². The third-order valence-electron chi connectivity index (χ3n) is 4.66. The van der Waals surface area contributed by atoms with Crippen LogP contribution in [0.15, 0.2) is 90.0 Å². The van der Waals surface area contributed by atoms with Crippen molar-refractivity contribution in [1.82, 2.24) is 10.2 Å². The molecule has 4 rings (SSSR count). The van der Waals surface area contributed by atoms with Crippen LogP contribution in [0.25, 0.3) is 11.3 Å². The maximum absolute atomic E-state index is 12.6. The van der Waals surface area contributed by atoms with Crippen molar-refractivity contribution in [3.05, 3.63) is 96.2 Å². The lowest BCUT2D eigenvalue weighted by Crippen LogP contribution is -2.14. The molecule has 0 fully saturated rings. The van der Waals surface area contributed by atoms with E-state index in [1.807, 2.05) is 43.3 Å². The Kier molecular flexibility index (Phi) is 5.55. The van der Waals surface area contributed by atoms with E-state index < -0.39 is 10.0 Å². The van der Waals surface area contributed by atoms with Gasteiger partial charge < -0.3 is 5.32 Å². The van der Waals surface area contributed by atoms with Crippen LogP contribution >= 0.6 is 0 Å². The van der Waals surface area contributed by atoms with E-state index in [4.69, 9.17) is 0 Å². The summed E-state index contributed by atoms with van der Waals surface area (Å²) in [5, 5.41) is 9.63. The van der Waals surface area contributed by atoms with Crippen LogP contribution in [-0.2, 0) is 10.0 Å². The Morgan fingerprint density at radius 3 is 2.32 bits per heavy atom. The van der Waals surface area contributed by atoms with Crippen molar-refractivity contribution in [3.63, 3.8) is 0 Å². The van der Waals surface area contributed by atoms with E-state index in [2.05, 4.69) is 20.2 Å². The zero-order chi connectivity index (χ0) is 21.8. The molecule has 0 spiro atoms. The van der Waals surface area contributed by atoms with E-state index >= 15 is 0 Å². The van der Waals surface area contributed by atoms with E-state index in [-0.39, 0.29) is 10.8 Å². The molecule has 7 nitrogen and oxygen atoms in total. The Hall–Kier alpha value is -3.91. The van der Waals surface area contributed by atoms with Gasteiger partial charge >= 0.3 is 0 Å². The Labute approximate surface area is 180 Å². The zero-order valence-electron chi connectivity index (χ0n) is 16.7. The highest BCUT2D eigenvalue weighted by Gasteiger charge is 2.15. The normalized spacial score (nSPS) is 11.1. The molecule has 0 aliphatic carbocycles. The van der Waals surface area contributed by atoms with E-state index in [9.17, 15) is 13.2 Å². The quantitative estimate of drug-likeness (QED) is 0.419. The molecule has 0 saturated heterocycles. The van der Waals surface area contributed by atoms with E-state index in [0.717, 1.165) is 16.8 Å². The minimum Gasteiger partial charge on any atom is -0.322 e. The fourth-order valence-electron chi connectivity index (χ4n) is 3.01. The van der Waals surface area contributed by atoms with Gasteiger partial charge in [0.2, 0.25) is 0 Å². The first-order valence-electron chi connectivity index (χ1n) is 9.51. The highest BCUT2D eigenvalue weighted by molar-refractivity contribution is 7.92. The van der Waals surface area contributed by atoms with Crippen LogP contribution < -0.4 is 10.0 Å². The summed E-state index contributed by atoms with van der Waals surface area (Å²) >= 11 is 0. The number of carbonyl (C=O) groups excluding carboxylic acids is 1. The predicted molar refractivity (Wildman–Crippen MR) is 120 cm³/mol. The Balaban J connectivity index is 1.47. The van der Waals surface area contributed by atoms with Crippen molar-refractivity contribution in [2.24, 2.45) is 0 Å². The van der Waals surface area contributed by atoms with E-state index in [1.54, 1.807) is 24.4 Å². The number of aryl methyl sites for hydroxylation is 1. The van der Waals surface area contributed by atoms with Crippen LogP contribution in [0.2, 0.25) is 0 Å². The van der Waals surface area contributed by atoms with Gasteiger partial charge in [-0.25, -0.2) is 8.42 Å². The molecule has 3 N–H and O–H groups in total. The van der Waals surface area contributed by atoms with Crippen molar-refractivity contribution in [2.75, 3.05) is 10.0 Å². The SMILES string of the molecule is Cc1ccc(NS(=O)(=O)c2ccc(C(=O)Nc3cccc(-c4ccn[nH]4)c3)cc2)cc1. The lowest BCUT2D eigenvalue weighted by Gasteiger charge is -2.10. The van der Waals surface area contributed by atoms with Crippen LogP contribution in [0.1, 0.15) is 15.9 Å². The van der Waals surface area contributed by atoms with E-state index in [0.29, 0.717) is 16.9 Å². The van der Waals surface area contributed by atoms with Crippen LogP contribution in [0.4, 0.5) is 11.4 Å². The van der Waals surface area contributed by atoms with Crippen molar-refractivity contribution in [3.8, 4) is 11.3 Å². The first kappa shape index (κ1) is 20.4. The Morgan fingerprint density at radius 2 is 1.65 bits per heavy atom. The molecule has 31 heavy (non-hydrogen) atoms. The molecular formula is C23H20N4O3S. The van der Waals surface area contributed by atoms with E-state index in [1.165, 1.54) is 24.3 Å². The lowest BCUT2D eigenvalue weighted by atomic mass is 10.1. The minimum atomic E-state index is -3.75. The number of rotatable bonds is 6. The molecule has 0 atom stereocenters. The molecule has 3 aromatic carbocycles. The van der Waals surface area contributed by atoms with Crippen molar-refractivity contribution in [2.45, 2.75) is 11.8 Å². The summed E-state index contributed by atoms with van der Waals surface area (Å²) in [6, 6.07) is 22.0. The van der Waals surface area contributed by atoms with Gasteiger partial charge in [-0.3, -0.25) is 14.6 Å². The van der Waals surface area contributed by atoms with Crippen LogP contribution in [0, 0.1) is 6.92 Å². The minimum absolute atomic E-state index is 0.0749. The average Bonchev–Trinajstić information content (AvgIpc) is 3.31. The first-order chi connectivity index (χ1) is 14.9. The van der Waals surface area contributed by atoms with Crippen LogP contribution in [0.3, 0.4) is 0 Å². The largest absolute Gasteiger partial charge is 0.322 e. The molecule has 8 heteroatoms. The topological polar surface area (TPSA) is 104 Å². The number of H-pyrrole nitrogens is 1. The highest BCUT2D eigenvalue weighted by atomic mass is 32.2. The third kappa shape index (κ3) is 4.81. The first-order valence-corrected chi connectivity index (χ1v) is 11.0. The van der Waals surface area contributed by atoms with Gasteiger partial charge in [-0.2, -0.15) is 5.10 Å². The number of nitrogens with one attached hydrogen (secondary N) is 3. The van der Waals surface area contributed by atoms with Crippen molar-refractivity contribution < 1.29 is 13.2 Å². The maximum Gasteiger partial charge on any atom is 0.261 e. The molecule has 1 aromatic heterocycles. The number of hydrogen-bond donors (Lipinski definition) is 3. The van der Waals surface area contributed by atoms with Gasteiger partial charge in [0.25, 0.3) is 15.9 Å². The zero-order valence-corrected chi connectivity index (χ0v) is 17.5. The monoisotopic (exact) mass is 432 g/mol.